The zero-order chi connectivity index (χ0) is 16.4. The number of amides is 1. The molecule has 0 spiro atoms. The number of aliphatic carboxylic acids is 1. The first-order chi connectivity index (χ1) is 11.1. The lowest BCUT2D eigenvalue weighted by Crippen LogP contribution is -2.52. The summed E-state index contributed by atoms with van der Waals surface area (Å²) in [5, 5.41) is 9.57. The van der Waals surface area contributed by atoms with Crippen molar-refractivity contribution in [1.29, 1.82) is 0 Å². The lowest BCUT2D eigenvalue weighted by atomic mass is 9.80. The van der Waals surface area contributed by atoms with Gasteiger partial charge in [-0.1, -0.05) is 0 Å². The summed E-state index contributed by atoms with van der Waals surface area (Å²) >= 11 is 0. The van der Waals surface area contributed by atoms with Crippen LogP contribution < -0.4 is 0 Å². The Balaban J connectivity index is 1.84. The number of carbonyl (C=O) groups excluding carboxylic acids is 1. The van der Waals surface area contributed by atoms with E-state index in [1.165, 1.54) is 7.11 Å². The smallest absolute Gasteiger partial charge is 0.313 e. The second kappa shape index (κ2) is 6.00. The van der Waals surface area contributed by atoms with E-state index in [0.29, 0.717) is 24.9 Å². The van der Waals surface area contributed by atoms with Crippen LogP contribution in [0.5, 0.6) is 0 Å². The molecule has 1 amide bonds. The lowest BCUT2D eigenvalue weighted by Gasteiger charge is -2.39. The summed E-state index contributed by atoms with van der Waals surface area (Å²) in [6.45, 7) is 0.823. The van der Waals surface area contributed by atoms with Gasteiger partial charge in [0.05, 0.1) is 12.2 Å². The minimum atomic E-state index is -1.03. The summed E-state index contributed by atoms with van der Waals surface area (Å²) in [6.07, 6.45) is 6.32. The average Bonchev–Trinajstić information content (AvgIpc) is 3.02. The van der Waals surface area contributed by atoms with Crippen molar-refractivity contribution in [2.24, 2.45) is 5.41 Å². The summed E-state index contributed by atoms with van der Waals surface area (Å²) in [7, 11) is 1.48. The van der Waals surface area contributed by atoms with E-state index < -0.39 is 11.4 Å². The van der Waals surface area contributed by atoms with Crippen LogP contribution in [0.2, 0.25) is 0 Å². The summed E-state index contributed by atoms with van der Waals surface area (Å²) in [5.74, 6) is -1.08. The fraction of sp³-hybridized carbons (Fsp3) is 0.438. The van der Waals surface area contributed by atoms with Gasteiger partial charge < -0.3 is 19.1 Å². The number of fused-ring (bicyclic) bond motifs is 1. The number of pyridine rings is 1. The number of imidazole rings is 1. The molecule has 3 rings (SSSR count). The highest BCUT2D eigenvalue weighted by Crippen LogP contribution is 2.31. The lowest BCUT2D eigenvalue weighted by molar-refractivity contribution is -0.155. The van der Waals surface area contributed by atoms with Crippen LogP contribution in [0, 0.1) is 5.41 Å². The molecule has 1 unspecified atom stereocenters. The molecule has 1 N–H and O–H groups in total. The number of nitrogens with zero attached hydrogens (tertiary/aromatic N) is 3. The Kier molecular flexibility index (Phi) is 4.04. The number of likely N-dealkylation sites (tertiary alicyclic amines) is 1. The van der Waals surface area contributed by atoms with Crippen LogP contribution >= 0.6 is 0 Å². The number of hydrogen-bond donors (Lipinski definition) is 1. The molecule has 122 valence electrons. The zero-order valence-corrected chi connectivity index (χ0v) is 12.9. The second-order valence-electron chi connectivity index (χ2n) is 5.96. The standard InChI is InChI=1S/C16H19N3O4/c1-23-11-16(15(21)22)5-2-7-19(10-16)14(20)12-3-4-13-17-6-8-18(13)9-12/h3-4,6,8-9H,2,5,7,10-11H2,1H3,(H,21,22). The zero-order valence-electron chi connectivity index (χ0n) is 12.9. The SMILES string of the molecule is COCC1(C(=O)O)CCCN(C(=O)c2ccc3nccn3c2)C1. The molecule has 1 fully saturated rings. The minimum Gasteiger partial charge on any atom is -0.481 e. The van der Waals surface area contributed by atoms with Gasteiger partial charge in [-0.25, -0.2) is 4.98 Å². The van der Waals surface area contributed by atoms with Crippen LogP contribution in [0.1, 0.15) is 23.2 Å². The molecule has 1 aliphatic rings. The monoisotopic (exact) mass is 317 g/mol. The quantitative estimate of drug-likeness (QED) is 0.918. The van der Waals surface area contributed by atoms with Crippen molar-refractivity contribution in [2.45, 2.75) is 12.8 Å². The molecular weight excluding hydrogens is 298 g/mol. The number of carboxylic acids is 1. The number of carboxylic acid groups (broad SMARTS) is 1. The van der Waals surface area contributed by atoms with Gasteiger partial charge in [-0.15, -0.1) is 0 Å². The predicted molar refractivity (Wildman–Crippen MR) is 82.3 cm³/mol. The maximum Gasteiger partial charge on any atom is 0.313 e. The third-order valence-corrected chi connectivity index (χ3v) is 4.37. The second-order valence-corrected chi connectivity index (χ2v) is 5.96. The first kappa shape index (κ1) is 15.5. The molecule has 3 heterocycles. The van der Waals surface area contributed by atoms with E-state index in [-0.39, 0.29) is 19.1 Å². The van der Waals surface area contributed by atoms with E-state index >= 15 is 0 Å². The Morgan fingerprint density at radius 2 is 2.26 bits per heavy atom. The van der Waals surface area contributed by atoms with Gasteiger partial charge in [0.1, 0.15) is 11.1 Å². The molecule has 7 heteroatoms. The van der Waals surface area contributed by atoms with Crippen LogP contribution in [-0.4, -0.2) is 58.1 Å². The van der Waals surface area contributed by atoms with Crippen molar-refractivity contribution in [3.8, 4) is 0 Å². The van der Waals surface area contributed by atoms with Crippen molar-refractivity contribution in [3.63, 3.8) is 0 Å². The third-order valence-electron chi connectivity index (χ3n) is 4.37. The topological polar surface area (TPSA) is 84.1 Å². The van der Waals surface area contributed by atoms with Gasteiger partial charge in [0.15, 0.2) is 0 Å². The van der Waals surface area contributed by atoms with E-state index in [2.05, 4.69) is 4.98 Å². The minimum absolute atomic E-state index is 0.104. The van der Waals surface area contributed by atoms with Gasteiger partial charge in [0, 0.05) is 38.8 Å². The predicted octanol–water partition coefficient (Wildman–Crippen LogP) is 1.29. The number of aromatic nitrogens is 2. The van der Waals surface area contributed by atoms with Gasteiger partial charge in [0.25, 0.3) is 5.91 Å². The summed E-state index contributed by atoms with van der Waals surface area (Å²) in [4.78, 5) is 30.2. The number of hydrogen-bond acceptors (Lipinski definition) is 4. The first-order valence-electron chi connectivity index (χ1n) is 7.50. The summed E-state index contributed by atoms with van der Waals surface area (Å²) in [6, 6.07) is 3.49. The highest BCUT2D eigenvalue weighted by atomic mass is 16.5. The van der Waals surface area contributed by atoms with Gasteiger partial charge in [0.2, 0.25) is 0 Å². The molecule has 1 saturated heterocycles. The number of piperidine rings is 1. The molecule has 23 heavy (non-hydrogen) atoms. The van der Waals surface area contributed by atoms with E-state index in [0.717, 1.165) is 5.65 Å². The maximum atomic E-state index is 12.7. The van der Waals surface area contributed by atoms with Crippen LogP contribution in [0.15, 0.2) is 30.7 Å². The van der Waals surface area contributed by atoms with Crippen molar-refractivity contribution in [1.82, 2.24) is 14.3 Å². The van der Waals surface area contributed by atoms with Crippen LogP contribution in [0.3, 0.4) is 0 Å². The number of carbonyl (C=O) groups is 2. The molecular formula is C16H19N3O4. The van der Waals surface area contributed by atoms with Crippen LogP contribution in [-0.2, 0) is 9.53 Å². The molecule has 0 saturated carbocycles. The Morgan fingerprint density at radius 3 is 3.00 bits per heavy atom. The molecule has 1 aliphatic heterocycles. The Bertz CT molecular complexity index is 738. The first-order valence-corrected chi connectivity index (χ1v) is 7.50. The summed E-state index contributed by atoms with van der Waals surface area (Å²) in [5.41, 5.74) is 0.260. The fourth-order valence-electron chi connectivity index (χ4n) is 3.16. The van der Waals surface area contributed by atoms with E-state index in [9.17, 15) is 14.7 Å². The molecule has 0 bridgehead atoms. The van der Waals surface area contributed by atoms with E-state index in [1.807, 2.05) is 0 Å². The normalized spacial score (nSPS) is 21.5. The van der Waals surface area contributed by atoms with Crippen molar-refractivity contribution in [3.05, 3.63) is 36.3 Å². The molecule has 2 aromatic heterocycles. The third kappa shape index (κ3) is 2.79. The van der Waals surface area contributed by atoms with Gasteiger partial charge in [-0.05, 0) is 25.0 Å². The van der Waals surface area contributed by atoms with E-state index in [1.54, 1.807) is 40.0 Å². The Labute approximate surface area is 133 Å². The summed E-state index contributed by atoms with van der Waals surface area (Å²) < 4.78 is 6.87. The maximum absolute atomic E-state index is 12.7. The Hall–Kier alpha value is -2.41. The van der Waals surface area contributed by atoms with Gasteiger partial charge in [-0.2, -0.15) is 0 Å². The van der Waals surface area contributed by atoms with Crippen molar-refractivity contribution < 1.29 is 19.4 Å². The average molecular weight is 317 g/mol. The van der Waals surface area contributed by atoms with Crippen LogP contribution in [0.25, 0.3) is 5.65 Å². The highest BCUT2D eigenvalue weighted by Gasteiger charge is 2.44. The molecule has 7 nitrogen and oxygen atoms in total. The largest absolute Gasteiger partial charge is 0.481 e. The molecule has 1 atom stereocenters. The molecule has 2 aromatic rings. The van der Waals surface area contributed by atoms with Gasteiger partial charge >= 0.3 is 5.97 Å². The van der Waals surface area contributed by atoms with Crippen molar-refractivity contribution >= 4 is 17.5 Å². The van der Waals surface area contributed by atoms with E-state index in [4.69, 9.17) is 4.74 Å². The van der Waals surface area contributed by atoms with Crippen molar-refractivity contribution in [2.75, 3.05) is 26.8 Å². The molecule has 0 radical (unpaired) electrons. The fourth-order valence-corrected chi connectivity index (χ4v) is 3.16. The Morgan fingerprint density at radius 1 is 1.43 bits per heavy atom. The number of ether oxygens (including phenoxy) is 1. The highest BCUT2D eigenvalue weighted by molar-refractivity contribution is 5.94. The van der Waals surface area contributed by atoms with Crippen LogP contribution in [0.4, 0.5) is 0 Å². The number of rotatable bonds is 4. The molecule has 0 aromatic carbocycles. The number of methoxy groups -OCH3 is 1. The van der Waals surface area contributed by atoms with Gasteiger partial charge in [-0.3, -0.25) is 9.59 Å². The molecule has 0 aliphatic carbocycles.